The number of ether oxygens (including phenoxy) is 2. The van der Waals surface area contributed by atoms with E-state index in [1.807, 2.05) is 60.2 Å². The summed E-state index contributed by atoms with van der Waals surface area (Å²) in [5.41, 5.74) is 2.55. The molecule has 0 bridgehead atoms. The zero-order valence-corrected chi connectivity index (χ0v) is 20.7. The molecule has 0 unspecified atom stereocenters. The number of hydrogen-bond acceptors (Lipinski definition) is 9. The number of aromatic amines is 1. The van der Waals surface area contributed by atoms with Crippen molar-refractivity contribution in [3.63, 3.8) is 0 Å². The average Bonchev–Trinajstić information content (AvgIpc) is 3.60. The van der Waals surface area contributed by atoms with Crippen LogP contribution in [0.25, 0.3) is 28.0 Å². The lowest BCUT2D eigenvalue weighted by Crippen LogP contribution is -2.14. The van der Waals surface area contributed by atoms with Crippen LogP contribution in [0.3, 0.4) is 0 Å². The van der Waals surface area contributed by atoms with Gasteiger partial charge in [0.1, 0.15) is 16.5 Å². The molecule has 0 aliphatic rings. The number of carbonyl (C=O) groups is 1. The third-order valence-electron chi connectivity index (χ3n) is 5.20. The lowest BCUT2D eigenvalue weighted by molar-refractivity contribution is -0.113. The van der Waals surface area contributed by atoms with Crippen LogP contribution in [0.5, 0.6) is 11.5 Å². The largest absolute Gasteiger partial charge is 0.497 e. The molecule has 0 aliphatic carbocycles. The van der Waals surface area contributed by atoms with Gasteiger partial charge in [0.25, 0.3) is 0 Å². The fraction of sp³-hybridized carbons (Fsp3) is 0.174. The van der Waals surface area contributed by atoms with E-state index in [0.29, 0.717) is 33.3 Å². The Hall–Kier alpha value is -3.90. The van der Waals surface area contributed by atoms with Gasteiger partial charge in [0.2, 0.25) is 11.0 Å². The molecule has 0 atom stereocenters. The lowest BCUT2D eigenvalue weighted by Gasteiger charge is -2.15. The molecule has 0 radical (unpaired) electrons. The van der Waals surface area contributed by atoms with Crippen LogP contribution in [0.15, 0.2) is 53.8 Å². The van der Waals surface area contributed by atoms with Gasteiger partial charge in [-0.2, -0.15) is 0 Å². The lowest BCUT2D eigenvalue weighted by atomic mass is 10.1. The predicted molar refractivity (Wildman–Crippen MR) is 136 cm³/mol. The van der Waals surface area contributed by atoms with E-state index in [9.17, 15) is 4.79 Å². The van der Waals surface area contributed by atoms with E-state index in [4.69, 9.17) is 9.47 Å². The van der Waals surface area contributed by atoms with Crippen molar-refractivity contribution < 1.29 is 14.3 Å². The van der Waals surface area contributed by atoms with Crippen molar-refractivity contribution in [1.29, 1.82) is 0 Å². The van der Waals surface area contributed by atoms with Crippen molar-refractivity contribution in [3.05, 3.63) is 53.7 Å². The average molecular weight is 508 g/mol. The van der Waals surface area contributed by atoms with E-state index in [-0.39, 0.29) is 11.7 Å². The van der Waals surface area contributed by atoms with Crippen molar-refractivity contribution in [2.45, 2.75) is 12.1 Å². The first-order chi connectivity index (χ1) is 17.1. The number of rotatable bonds is 8. The van der Waals surface area contributed by atoms with Crippen LogP contribution in [-0.2, 0) is 4.79 Å². The van der Waals surface area contributed by atoms with E-state index in [2.05, 4.69) is 30.7 Å². The Balaban J connectivity index is 1.56. The maximum atomic E-state index is 12.6. The van der Waals surface area contributed by atoms with E-state index < -0.39 is 0 Å². The number of anilines is 1. The van der Waals surface area contributed by atoms with Gasteiger partial charge < -0.3 is 14.5 Å². The van der Waals surface area contributed by atoms with Crippen LogP contribution in [0.2, 0.25) is 0 Å². The number of thioether (sulfide) groups is 1. The fourth-order valence-electron chi connectivity index (χ4n) is 3.62. The molecule has 5 aromatic rings. The monoisotopic (exact) mass is 507 g/mol. The molecular formula is C23H21N7O3S2. The highest BCUT2D eigenvalue weighted by Crippen LogP contribution is 2.37. The number of aromatic nitrogens is 6. The van der Waals surface area contributed by atoms with E-state index in [1.165, 1.54) is 23.1 Å². The van der Waals surface area contributed by atoms with Crippen molar-refractivity contribution in [1.82, 2.24) is 29.9 Å². The number of amides is 1. The van der Waals surface area contributed by atoms with Crippen LogP contribution in [-0.4, -0.2) is 55.8 Å². The second-order valence-electron chi connectivity index (χ2n) is 7.39. The number of aryl methyl sites for hydroxylation is 1. The van der Waals surface area contributed by atoms with Gasteiger partial charge in [0.05, 0.1) is 25.7 Å². The summed E-state index contributed by atoms with van der Waals surface area (Å²) >= 11 is 2.58. The molecule has 178 valence electrons. The predicted octanol–water partition coefficient (Wildman–Crippen LogP) is 4.32. The summed E-state index contributed by atoms with van der Waals surface area (Å²) in [7, 11) is 3.21. The number of fused-ring (bicyclic) bond motifs is 1. The normalized spacial score (nSPS) is 11.1. The molecule has 0 saturated heterocycles. The van der Waals surface area contributed by atoms with E-state index in [1.54, 1.807) is 14.2 Å². The Morgan fingerprint density at radius 3 is 2.74 bits per heavy atom. The zero-order chi connectivity index (χ0) is 24.4. The Morgan fingerprint density at radius 1 is 1.11 bits per heavy atom. The van der Waals surface area contributed by atoms with Crippen LogP contribution in [0, 0.1) is 6.92 Å². The van der Waals surface area contributed by atoms with Crippen molar-refractivity contribution in [3.8, 4) is 28.6 Å². The first-order valence-electron chi connectivity index (χ1n) is 10.5. The third-order valence-corrected chi connectivity index (χ3v) is 6.88. The fourth-order valence-corrected chi connectivity index (χ4v) is 4.97. The first kappa shape index (κ1) is 22.9. The number of para-hydroxylation sites is 1. The SMILES string of the molecule is COc1ccc(OC)c(-n2c(SCC(=O)Nc3nnc(C)s3)nnc2-c2c[nH]c3ccccc23)c1. The number of nitrogens with zero attached hydrogens (tertiary/aromatic N) is 5. The maximum absolute atomic E-state index is 12.6. The maximum Gasteiger partial charge on any atom is 0.236 e. The van der Waals surface area contributed by atoms with E-state index in [0.717, 1.165) is 21.5 Å². The van der Waals surface area contributed by atoms with Gasteiger partial charge in [-0.25, -0.2) is 0 Å². The molecule has 0 fully saturated rings. The molecule has 3 aromatic heterocycles. The van der Waals surface area contributed by atoms with Crippen LogP contribution < -0.4 is 14.8 Å². The molecule has 35 heavy (non-hydrogen) atoms. The van der Waals surface area contributed by atoms with Gasteiger partial charge in [-0.15, -0.1) is 20.4 Å². The number of nitrogens with one attached hydrogen (secondary N) is 2. The molecule has 2 aromatic carbocycles. The minimum Gasteiger partial charge on any atom is -0.497 e. The molecule has 0 aliphatic heterocycles. The Labute approximate surface area is 208 Å². The van der Waals surface area contributed by atoms with Gasteiger partial charge in [-0.05, 0) is 25.1 Å². The third kappa shape index (κ3) is 4.57. The minimum atomic E-state index is -0.216. The molecule has 12 heteroatoms. The molecule has 0 spiro atoms. The standard InChI is InChI=1S/C23H21N7O3S2/c1-13-26-28-22(35-13)25-20(31)12-34-23-29-27-21(16-11-24-17-7-5-4-6-15(16)17)30(23)18-10-14(32-2)8-9-19(18)33-3/h4-11,24H,12H2,1-3H3,(H,25,28,31). The van der Waals surface area contributed by atoms with Crippen LogP contribution in [0.4, 0.5) is 5.13 Å². The summed E-state index contributed by atoms with van der Waals surface area (Å²) in [6.07, 6.45) is 1.90. The number of hydrogen-bond donors (Lipinski definition) is 2. The topological polar surface area (TPSA) is 120 Å². The molecule has 10 nitrogen and oxygen atoms in total. The van der Waals surface area contributed by atoms with Crippen molar-refractivity contribution in [2.24, 2.45) is 0 Å². The van der Waals surface area contributed by atoms with Crippen molar-refractivity contribution >= 4 is 45.0 Å². The highest BCUT2D eigenvalue weighted by atomic mass is 32.2. The van der Waals surface area contributed by atoms with Gasteiger partial charge in [-0.1, -0.05) is 41.3 Å². The van der Waals surface area contributed by atoms with Gasteiger partial charge in [0.15, 0.2) is 11.0 Å². The molecule has 5 rings (SSSR count). The molecular weight excluding hydrogens is 486 g/mol. The molecule has 0 saturated carbocycles. The zero-order valence-electron chi connectivity index (χ0n) is 19.1. The molecule has 3 heterocycles. The number of benzene rings is 2. The summed E-state index contributed by atoms with van der Waals surface area (Å²) in [4.78, 5) is 15.9. The quantitative estimate of drug-likeness (QED) is 0.298. The highest BCUT2D eigenvalue weighted by molar-refractivity contribution is 7.99. The second-order valence-corrected chi connectivity index (χ2v) is 9.51. The summed E-state index contributed by atoms with van der Waals surface area (Å²) in [5.74, 6) is 1.77. The molecule has 2 N–H and O–H groups in total. The van der Waals surface area contributed by atoms with Crippen molar-refractivity contribution in [2.75, 3.05) is 25.3 Å². The van der Waals surface area contributed by atoms with E-state index >= 15 is 0 Å². The Bertz CT molecular complexity index is 1510. The van der Waals surface area contributed by atoms with Gasteiger partial charge in [0, 0.05) is 28.7 Å². The highest BCUT2D eigenvalue weighted by Gasteiger charge is 2.22. The van der Waals surface area contributed by atoms with Crippen LogP contribution >= 0.6 is 23.1 Å². The Kier molecular flexibility index (Phi) is 6.38. The van der Waals surface area contributed by atoms with Gasteiger partial charge >= 0.3 is 0 Å². The Morgan fingerprint density at radius 2 is 1.97 bits per heavy atom. The number of carbonyl (C=O) groups excluding carboxylic acids is 1. The summed E-state index contributed by atoms with van der Waals surface area (Å²) in [5, 5.41) is 22.3. The van der Waals surface area contributed by atoms with Crippen LogP contribution in [0.1, 0.15) is 5.01 Å². The number of methoxy groups -OCH3 is 2. The number of H-pyrrole nitrogens is 1. The smallest absolute Gasteiger partial charge is 0.236 e. The first-order valence-corrected chi connectivity index (χ1v) is 12.3. The second kappa shape index (κ2) is 9.76. The minimum absolute atomic E-state index is 0.108. The summed E-state index contributed by atoms with van der Waals surface area (Å²) in [6, 6.07) is 13.5. The summed E-state index contributed by atoms with van der Waals surface area (Å²) in [6.45, 7) is 1.83. The molecule has 1 amide bonds. The summed E-state index contributed by atoms with van der Waals surface area (Å²) < 4.78 is 13.0. The van der Waals surface area contributed by atoms with Gasteiger partial charge in [-0.3, -0.25) is 14.7 Å².